The quantitative estimate of drug-likeness (QED) is 0.452. The highest BCUT2D eigenvalue weighted by molar-refractivity contribution is 7.89. The van der Waals surface area contributed by atoms with E-state index < -0.39 is 15.9 Å². The Morgan fingerprint density at radius 2 is 1.76 bits per heavy atom. The Morgan fingerprint density at radius 1 is 1.06 bits per heavy atom. The third-order valence-corrected chi connectivity index (χ3v) is 7.06. The van der Waals surface area contributed by atoms with E-state index in [1.165, 1.54) is 28.6 Å². The molecule has 0 unspecified atom stereocenters. The number of rotatable bonds is 11. The number of nitrogens with one attached hydrogen (secondary N) is 1. The Hall–Kier alpha value is -3.24. The van der Waals surface area contributed by atoms with E-state index in [0.717, 1.165) is 24.2 Å². The molecule has 0 fully saturated rings. The molecule has 1 amide bonds. The first-order valence-electron chi connectivity index (χ1n) is 10.7. The van der Waals surface area contributed by atoms with Crippen molar-refractivity contribution >= 4 is 21.9 Å². The van der Waals surface area contributed by atoms with Crippen LogP contribution in [0.5, 0.6) is 5.75 Å². The number of benzene rings is 2. The van der Waals surface area contributed by atoms with Gasteiger partial charge in [-0.3, -0.25) is 10.1 Å². The summed E-state index contributed by atoms with van der Waals surface area (Å²) >= 11 is 0. The Kier molecular flexibility index (Phi) is 8.18. The zero-order valence-electron chi connectivity index (χ0n) is 18.9. The third kappa shape index (κ3) is 6.17. The molecule has 0 saturated heterocycles. The summed E-state index contributed by atoms with van der Waals surface area (Å²) in [5.41, 5.74) is 1.23. The van der Waals surface area contributed by atoms with Crippen molar-refractivity contribution in [2.24, 2.45) is 0 Å². The minimum absolute atomic E-state index is 0.0306. The van der Waals surface area contributed by atoms with Crippen LogP contribution >= 0.6 is 0 Å². The van der Waals surface area contributed by atoms with Gasteiger partial charge in [0.25, 0.3) is 5.91 Å². The van der Waals surface area contributed by atoms with Crippen molar-refractivity contribution in [3.8, 4) is 5.75 Å². The zero-order chi connectivity index (χ0) is 23.8. The Balaban J connectivity index is 1.64. The van der Waals surface area contributed by atoms with Crippen LogP contribution in [0.4, 0.5) is 6.01 Å². The van der Waals surface area contributed by atoms with Crippen LogP contribution < -0.4 is 10.1 Å². The van der Waals surface area contributed by atoms with E-state index in [0.29, 0.717) is 25.4 Å². The first kappa shape index (κ1) is 24.4. The zero-order valence-corrected chi connectivity index (χ0v) is 19.8. The van der Waals surface area contributed by atoms with Gasteiger partial charge in [0.15, 0.2) is 0 Å². The Labute approximate surface area is 193 Å². The van der Waals surface area contributed by atoms with Gasteiger partial charge in [0, 0.05) is 18.7 Å². The second-order valence-corrected chi connectivity index (χ2v) is 9.29. The van der Waals surface area contributed by atoms with Gasteiger partial charge >= 0.3 is 6.01 Å². The van der Waals surface area contributed by atoms with E-state index in [1.807, 2.05) is 38.1 Å². The molecular weight excluding hydrogens is 444 g/mol. The van der Waals surface area contributed by atoms with Gasteiger partial charge in [-0.1, -0.05) is 37.5 Å². The van der Waals surface area contributed by atoms with Crippen molar-refractivity contribution in [3.05, 3.63) is 65.5 Å². The Morgan fingerprint density at radius 3 is 2.36 bits per heavy atom. The second kappa shape index (κ2) is 11.1. The number of ether oxygens (including phenoxy) is 1. The van der Waals surface area contributed by atoms with Gasteiger partial charge in [0.2, 0.25) is 15.9 Å². The van der Waals surface area contributed by atoms with Crippen LogP contribution in [0.25, 0.3) is 0 Å². The van der Waals surface area contributed by atoms with Crippen molar-refractivity contribution < 1.29 is 22.4 Å². The number of methoxy groups -OCH3 is 1. The fourth-order valence-electron chi connectivity index (χ4n) is 3.17. The normalized spacial score (nSPS) is 11.5. The largest absolute Gasteiger partial charge is 0.497 e. The number of carbonyl (C=O) groups excluding carboxylic acids is 1. The van der Waals surface area contributed by atoms with Gasteiger partial charge in [-0.05, 0) is 48.4 Å². The smallest absolute Gasteiger partial charge is 0.322 e. The molecule has 3 rings (SSSR count). The number of amides is 1. The van der Waals surface area contributed by atoms with Gasteiger partial charge in [-0.25, -0.2) is 8.42 Å². The highest BCUT2D eigenvalue weighted by Crippen LogP contribution is 2.19. The number of nitrogens with zero attached hydrogens (tertiary/aromatic N) is 3. The molecule has 1 aromatic heterocycles. The summed E-state index contributed by atoms with van der Waals surface area (Å²) in [4.78, 5) is 12.7. The fraction of sp³-hybridized carbons (Fsp3) is 0.348. The van der Waals surface area contributed by atoms with Crippen molar-refractivity contribution in [3.63, 3.8) is 0 Å². The van der Waals surface area contributed by atoms with Crippen molar-refractivity contribution in [1.82, 2.24) is 14.5 Å². The number of aromatic nitrogens is 2. The lowest BCUT2D eigenvalue weighted by Crippen LogP contribution is -2.31. The molecular formula is C23H28N4O5S. The van der Waals surface area contributed by atoms with Crippen LogP contribution in [-0.4, -0.2) is 49.0 Å². The van der Waals surface area contributed by atoms with Crippen molar-refractivity contribution in [2.75, 3.05) is 25.5 Å². The summed E-state index contributed by atoms with van der Waals surface area (Å²) in [5.74, 6) is 0.625. The Bertz CT molecular complexity index is 1160. The maximum atomic E-state index is 12.8. The van der Waals surface area contributed by atoms with Crippen molar-refractivity contribution in [1.29, 1.82) is 0 Å². The lowest BCUT2D eigenvalue weighted by Gasteiger charge is -2.20. The number of anilines is 1. The molecule has 9 nitrogen and oxygen atoms in total. The molecule has 0 bridgehead atoms. The average molecular weight is 473 g/mol. The number of hydrogen-bond acceptors (Lipinski definition) is 7. The van der Waals surface area contributed by atoms with Crippen LogP contribution in [0.1, 0.15) is 48.5 Å². The van der Waals surface area contributed by atoms with E-state index in [2.05, 4.69) is 15.5 Å². The number of unbranched alkanes of at least 4 members (excludes halogenated alkanes) is 1. The van der Waals surface area contributed by atoms with E-state index in [1.54, 1.807) is 7.11 Å². The van der Waals surface area contributed by atoms with Gasteiger partial charge in [-0.15, -0.1) is 5.10 Å². The van der Waals surface area contributed by atoms with Gasteiger partial charge in [-0.2, -0.15) is 4.31 Å². The monoisotopic (exact) mass is 472 g/mol. The summed E-state index contributed by atoms with van der Waals surface area (Å²) in [6.07, 6.45) is 2.10. The van der Waals surface area contributed by atoms with Gasteiger partial charge < -0.3 is 9.15 Å². The standard InChI is InChI=1S/C23H28N4O5S/c1-4-6-15-27(5-2)33(29,30)20-13-9-18(10-14-20)22(28)24-23-26-25-21(32-23)16-17-7-11-19(31-3)12-8-17/h7-14H,4-6,15-16H2,1-3H3,(H,24,26,28). The summed E-state index contributed by atoms with van der Waals surface area (Å²) in [7, 11) is -2.00. The number of carbonyl (C=O) groups is 1. The lowest BCUT2D eigenvalue weighted by molar-refractivity contribution is 0.102. The molecule has 33 heavy (non-hydrogen) atoms. The summed E-state index contributed by atoms with van der Waals surface area (Å²) < 4.78 is 37.7. The first-order valence-corrected chi connectivity index (χ1v) is 12.2. The molecule has 2 aromatic carbocycles. The molecule has 1 heterocycles. The second-order valence-electron chi connectivity index (χ2n) is 7.35. The predicted molar refractivity (Wildman–Crippen MR) is 124 cm³/mol. The third-order valence-electron chi connectivity index (χ3n) is 5.07. The number of sulfonamides is 1. The van der Waals surface area contributed by atoms with Crippen LogP contribution in [0.3, 0.4) is 0 Å². The highest BCUT2D eigenvalue weighted by Gasteiger charge is 2.23. The minimum atomic E-state index is -3.60. The SMILES string of the molecule is CCCCN(CC)S(=O)(=O)c1ccc(C(=O)Nc2nnc(Cc3ccc(OC)cc3)o2)cc1. The molecule has 0 aliphatic rings. The molecule has 0 atom stereocenters. The minimum Gasteiger partial charge on any atom is -0.497 e. The number of hydrogen-bond donors (Lipinski definition) is 1. The highest BCUT2D eigenvalue weighted by atomic mass is 32.2. The molecule has 0 aliphatic heterocycles. The molecule has 1 N–H and O–H groups in total. The van der Waals surface area contributed by atoms with E-state index in [-0.39, 0.29) is 16.5 Å². The van der Waals surface area contributed by atoms with Crippen LogP contribution in [0.2, 0.25) is 0 Å². The molecule has 0 spiro atoms. The maximum absolute atomic E-state index is 12.8. The van der Waals surface area contributed by atoms with E-state index >= 15 is 0 Å². The molecule has 0 radical (unpaired) electrons. The molecule has 0 saturated carbocycles. The lowest BCUT2D eigenvalue weighted by atomic mass is 10.1. The van der Waals surface area contributed by atoms with E-state index in [4.69, 9.17) is 9.15 Å². The topological polar surface area (TPSA) is 115 Å². The van der Waals surface area contributed by atoms with Crippen LogP contribution in [-0.2, 0) is 16.4 Å². The summed E-state index contributed by atoms with van der Waals surface area (Å²) in [6, 6.07) is 13.2. The molecule has 10 heteroatoms. The van der Waals surface area contributed by atoms with E-state index in [9.17, 15) is 13.2 Å². The van der Waals surface area contributed by atoms with Gasteiger partial charge in [0.1, 0.15) is 5.75 Å². The van der Waals surface area contributed by atoms with Crippen molar-refractivity contribution in [2.45, 2.75) is 38.0 Å². The molecule has 3 aromatic rings. The first-order chi connectivity index (χ1) is 15.9. The van der Waals surface area contributed by atoms with Gasteiger partial charge in [0.05, 0.1) is 18.4 Å². The maximum Gasteiger partial charge on any atom is 0.322 e. The molecule has 0 aliphatic carbocycles. The average Bonchev–Trinajstić information content (AvgIpc) is 3.26. The predicted octanol–water partition coefficient (Wildman–Crippen LogP) is 3.73. The van der Waals surface area contributed by atoms with Crippen LogP contribution in [0, 0.1) is 0 Å². The van der Waals surface area contributed by atoms with Crippen LogP contribution in [0.15, 0.2) is 57.8 Å². The summed E-state index contributed by atoms with van der Waals surface area (Å²) in [5, 5.41) is 10.4. The molecule has 176 valence electrons. The fourth-order valence-corrected chi connectivity index (χ4v) is 4.66. The summed E-state index contributed by atoms with van der Waals surface area (Å²) in [6.45, 7) is 4.68.